The first kappa shape index (κ1) is 11.4. The molecule has 1 N–H and O–H groups in total. The van der Waals surface area contributed by atoms with Crippen LogP contribution in [-0.4, -0.2) is 21.7 Å². The number of ether oxygens (including phenoxy) is 1. The Morgan fingerprint density at radius 2 is 2.13 bits per heavy atom. The van der Waals surface area contributed by atoms with Gasteiger partial charge in [0, 0.05) is 0 Å². The highest BCUT2D eigenvalue weighted by atomic mass is 16.6. The third-order valence-electron chi connectivity index (χ3n) is 1.55. The van der Waals surface area contributed by atoms with E-state index in [1.165, 1.54) is 12.5 Å². The number of aryl methyl sites for hydroxylation is 1. The normalized spacial score (nSPS) is 10.9. The van der Waals surface area contributed by atoms with E-state index in [0.29, 0.717) is 11.4 Å². The predicted molar refractivity (Wildman–Crippen MR) is 56.6 cm³/mol. The number of hydrogen-bond acceptors (Lipinski definition) is 4. The molecule has 0 radical (unpaired) electrons. The first-order valence-corrected chi connectivity index (χ1v) is 4.65. The van der Waals surface area contributed by atoms with Gasteiger partial charge in [0.05, 0.1) is 17.6 Å². The topological polar surface area (TPSA) is 64.1 Å². The molecule has 0 saturated carbocycles. The minimum absolute atomic E-state index is 0.500. The zero-order chi connectivity index (χ0) is 11.5. The van der Waals surface area contributed by atoms with Crippen molar-refractivity contribution in [1.82, 2.24) is 9.97 Å². The molecule has 0 fully saturated rings. The SMILES string of the molecule is Cc1ncncc1NC(=O)OC(C)(C)C. The van der Waals surface area contributed by atoms with Crippen molar-refractivity contribution < 1.29 is 9.53 Å². The number of rotatable bonds is 1. The summed E-state index contributed by atoms with van der Waals surface area (Å²) in [6.45, 7) is 7.21. The molecule has 1 rings (SSSR count). The van der Waals surface area contributed by atoms with Gasteiger partial charge in [0.1, 0.15) is 11.9 Å². The quantitative estimate of drug-likeness (QED) is 0.769. The Labute approximate surface area is 88.9 Å². The van der Waals surface area contributed by atoms with Crippen molar-refractivity contribution in [2.75, 3.05) is 5.32 Å². The van der Waals surface area contributed by atoms with Gasteiger partial charge in [-0.25, -0.2) is 14.8 Å². The lowest BCUT2D eigenvalue weighted by atomic mass is 10.2. The van der Waals surface area contributed by atoms with Gasteiger partial charge in [0.15, 0.2) is 0 Å². The van der Waals surface area contributed by atoms with E-state index in [1.54, 1.807) is 27.7 Å². The Balaban J connectivity index is 2.64. The van der Waals surface area contributed by atoms with E-state index >= 15 is 0 Å². The van der Waals surface area contributed by atoms with Crippen LogP contribution >= 0.6 is 0 Å². The molecule has 0 saturated heterocycles. The highest BCUT2D eigenvalue weighted by molar-refractivity contribution is 5.85. The van der Waals surface area contributed by atoms with Crippen LogP contribution in [0.1, 0.15) is 26.5 Å². The molecule has 5 heteroatoms. The molecule has 1 heterocycles. The standard InChI is InChI=1S/C10H15N3O2/c1-7-8(5-11-6-12-7)13-9(14)15-10(2,3)4/h5-6H,1-4H3,(H,13,14). The number of amides is 1. The highest BCUT2D eigenvalue weighted by Gasteiger charge is 2.16. The van der Waals surface area contributed by atoms with Gasteiger partial charge in [-0.15, -0.1) is 0 Å². The number of anilines is 1. The number of nitrogens with one attached hydrogen (secondary N) is 1. The third-order valence-corrected chi connectivity index (χ3v) is 1.55. The summed E-state index contributed by atoms with van der Waals surface area (Å²) < 4.78 is 5.09. The van der Waals surface area contributed by atoms with E-state index in [4.69, 9.17) is 4.74 Å². The number of aromatic nitrogens is 2. The Hall–Kier alpha value is -1.65. The van der Waals surface area contributed by atoms with Crippen LogP contribution in [-0.2, 0) is 4.74 Å². The van der Waals surface area contributed by atoms with Crippen molar-refractivity contribution in [3.63, 3.8) is 0 Å². The second kappa shape index (κ2) is 4.25. The largest absolute Gasteiger partial charge is 0.444 e. The van der Waals surface area contributed by atoms with E-state index in [0.717, 1.165) is 0 Å². The highest BCUT2D eigenvalue weighted by Crippen LogP contribution is 2.12. The van der Waals surface area contributed by atoms with E-state index < -0.39 is 11.7 Å². The van der Waals surface area contributed by atoms with E-state index in [-0.39, 0.29) is 0 Å². The van der Waals surface area contributed by atoms with E-state index in [9.17, 15) is 4.79 Å². The summed E-state index contributed by atoms with van der Waals surface area (Å²) in [6, 6.07) is 0. The summed E-state index contributed by atoms with van der Waals surface area (Å²) in [4.78, 5) is 19.2. The van der Waals surface area contributed by atoms with Gasteiger partial charge < -0.3 is 4.74 Å². The second-order valence-corrected chi connectivity index (χ2v) is 4.15. The molecule has 0 aromatic carbocycles. The van der Waals surface area contributed by atoms with Gasteiger partial charge in [-0.05, 0) is 27.7 Å². The molecule has 0 bridgehead atoms. The maximum Gasteiger partial charge on any atom is 0.412 e. The number of carbonyl (C=O) groups is 1. The summed E-state index contributed by atoms with van der Waals surface area (Å²) in [7, 11) is 0. The summed E-state index contributed by atoms with van der Waals surface area (Å²) in [5.41, 5.74) is 0.760. The maximum atomic E-state index is 11.4. The molecule has 5 nitrogen and oxygen atoms in total. The summed E-state index contributed by atoms with van der Waals surface area (Å²) in [5, 5.41) is 2.58. The monoisotopic (exact) mass is 209 g/mol. The molecular formula is C10H15N3O2. The molecule has 0 aliphatic rings. The Bertz CT molecular complexity index is 358. The maximum absolute atomic E-state index is 11.4. The van der Waals surface area contributed by atoms with Crippen LogP contribution in [0.15, 0.2) is 12.5 Å². The van der Waals surface area contributed by atoms with Gasteiger partial charge >= 0.3 is 6.09 Å². The van der Waals surface area contributed by atoms with Crippen LogP contribution in [0.4, 0.5) is 10.5 Å². The van der Waals surface area contributed by atoms with Crippen molar-refractivity contribution in [1.29, 1.82) is 0 Å². The summed E-state index contributed by atoms with van der Waals surface area (Å²) >= 11 is 0. The molecule has 1 amide bonds. The van der Waals surface area contributed by atoms with Crippen LogP contribution in [0.2, 0.25) is 0 Å². The molecule has 82 valence electrons. The molecular weight excluding hydrogens is 194 g/mol. The number of nitrogens with zero attached hydrogens (tertiary/aromatic N) is 2. The molecule has 1 aromatic rings. The average Bonchev–Trinajstić information content (AvgIpc) is 2.05. The van der Waals surface area contributed by atoms with Crippen molar-refractivity contribution in [2.24, 2.45) is 0 Å². The molecule has 15 heavy (non-hydrogen) atoms. The van der Waals surface area contributed by atoms with Crippen LogP contribution < -0.4 is 5.32 Å². The molecule has 0 unspecified atom stereocenters. The van der Waals surface area contributed by atoms with Crippen molar-refractivity contribution in [3.05, 3.63) is 18.2 Å². The van der Waals surface area contributed by atoms with E-state index in [2.05, 4.69) is 15.3 Å². The number of hydrogen-bond donors (Lipinski definition) is 1. The van der Waals surface area contributed by atoms with Gasteiger partial charge in [0.25, 0.3) is 0 Å². The van der Waals surface area contributed by atoms with Crippen LogP contribution in [0, 0.1) is 6.92 Å². The Morgan fingerprint density at radius 3 is 2.67 bits per heavy atom. The van der Waals surface area contributed by atoms with Crippen molar-refractivity contribution in [2.45, 2.75) is 33.3 Å². The Kier molecular flexibility index (Phi) is 3.24. The average molecular weight is 209 g/mol. The first-order valence-electron chi connectivity index (χ1n) is 4.65. The molecule has 0 aliphatic carbocycles. The van der Waals surface area contributed by atoms with Crippen LogP contribution in [0.3, 0.4) is 0 Å². The third kappa shape index (κ3) is 3.93. The fourth-order valence-electron chi connectivity index (χ4n) is 0.927. The molecule has 1 aromatic heterocycles. The fourth-order valence-corrected chi connectivity index (χ4v) is 0.927. The zero-order valence-electron chi connectivity index (χ0n) is 9.37. The summed E-state index contributed by atoms with van der Waals surface area (Å²) in [6.07, 6.45) is 2.46. The zero-order valence-corrected chi connectivity index (χ0v) is 9.37. The van der Waals surface area contributed by atoms with Gasteiger partial charge in [-0.1, -0.05) is 0 Å². The van der Waals surface area contributed by atoms with Crippen LogP contribution in [0.25, 0.3) is 0 Å². The van der Waals surface area contributed by atoms with Crippen LogP contribution in [0.5, 0.6) is 0 Å². The van der Waals surface area contributed by atoms with Crippen molar-refractivity contribution >= 4 is 11.8 Å². The molecule has 0 aliphatic heterocycles. The van der Waals surface area contributed by atoms with Crippen molar-refractivity contribution in [3.8, 4) is 0 Å². The molecule has 0 spiro atoms. The Morgan fingerprint density at radius 1 is 1.47 bits per heavy atom. The summed E-state index contributed by atoms with van der Waals surface area (Å²) in [5.74, 6) is 0. The van der Waals surface area contributed by atoms with Gasteiger partial charge in [0.2, 0.25) is 0 Å². The van der Waals surface area contributed by atoms with Gasteiger partial charge in [-0.3, -0.25) is 5.32 Å². The number of carbonyl (C=O) groups excluding carboxylic acids is 1. The first-order chi connectivity index (χ1) is 6.88. The van der Waals surface area contributed by atoms with Gasteiger partial charge in [-0.2, -0.15) is 0 Å². The van der Waals surface area contributed by atoms with E-state index in [1.807, 2.05) is 0 Å². The smallest absolute Gasteiger partial charge is 0.412 e. The second-order valence-electron chi connectivity index (χ2n) is 4.15. The molecule has 0 atom stereocenters. The fraction of sp³-hybridized carbons (Fsp3) is 0.500. The minimum atomic E-state index is -0.506. The lowest BCUT2D eigenvalue weighted by molar-refractivity contribution is 0.0635. The lowest BCUT2D eigenvalue weighted by Gasteiger charge is -2.19. The minimum Gasteiger partial charge on any atom is -0.444 e. The lowest BCUT2D eigenvalue weighted by Crippen LogP contribution is -2.27. The predicted octanol–water partition coefficient (Wildman–Crippen LogP) is 2.13.